The molecule has 0 radical (unpaired) electrons. The largest absolute Gasteiger partial charge is 0.381 e. The van der Waals surface area contributed by atoms with E-state index in [0.29, 0.717) is 17.0 Å². The molecule has 2 N–H and O–H groups in total. The van der Waals surface area contributed by atoms with Gasteiger partial charge >= 0.3 is 0 Å². The van der Waals surface area contributed by atoms with Crippen molar-refractivity contribution in [3.63, 3.8) is 0 Å². The fourth-order valence-corrected chi connectivity index (χ4v) is 4.28. The number of anilines is 1. The van der Waals surface area contributed by atoms with Gasteiger partial charge in [0.1, 0.15) is 0 Å². The summed E-state index contributed by atoms with van der Waals surface area (Å²) in [6.07, 6.45) is 4.98. The fourth-order valence-electron chi connectivity index (χ4n) is 3.50. The Morgan fingerprint density at radius 2 is 2.05 bits per heavy atom. The van der Waals surface area contributed by atoms with E-state index < -0.39 is 10.0 Å². The lowest BCUT2D eigenvalue weighted by molar-refractivity contribution is 0.193. The third-order valence-electron chi connectivity index (χ3n) is 4.62. The van der Waals surface area contributed by atoms with E-state index in [4.69, 9.17) is 0 Å². The first-order chi connectivity index (χ1) is 10.1. The molecular formula is C15H23N3O2S. The van der Waals surface area contributed by atoms with E-state index in [1.165, 1.54) is 32.9 Å². The molecule has 2 aliphatic heterocycles. The lowest BCUT2D eigenvalue weighted by Crippen LogP contribution is -2.41. The van der Waals surface area contributed by atoms with Crippen LogP contribution in [0.2, 0.25) is 0 Å². The summed E-state index contributed by atoms with van der Waals surface area (Å²) in [5.74, 6) is 0. The molecule has 1 aromatic rings. The second-order valence-corrected chi connectivity index (χ2v) is 7.76. The van der Waals surface area contributed by atoms with Crippen molar-refractivity contribution in [2.45, 2.75) is 42.7 Å². The van der Waals surface area contributed by atoms with Gasteiger partial charge in [0.05, 0.1) is 4.90 Å². The van der Waals surface area contributed by atoms with Crippen molar-refractivity contribution >= 4 is 15.7 Å². The van der Waals surface area contributed by atoms with Gasteiger partial charge in [0, 0.05) is 24.3 Å². The highest BCUT2D eigenvalue weighted by atomic mass is 32.2. The third-order valence-corrected chi connectivity index (χ3v) is 6.03. The number of hydrogen-bond donors (Lipinski definition) is 2. The Labute approximate surface area is 126 Å². The summed E-state index contributed by atoms with van der Waals surface area (Å²) in [7, 11) is -1.94. The molecule has 3 rings (SSSR count). The maximum Gasteiger partial charge on any atom is 0.240 e. The summed E-state index contributed by atoms with van der Waals surface area (Å²) < 4.78 is 26.1. The minimum atomic E-state index is -3.38. The van der Waals surface area contributed by atoms with Gasteiger partial charge in [0.25, 0.3) is 0 Å². The molecule has 1 aromatic carbocycles. The van der Waals surface area contributed by atoms with Crippen molar-refractivity contribution in [3.05, 3.63) is 24.3 Å². The molecule has 2 atom stereocenters. The Balaban J connectivity index is 1.75. The number of hydrogen-bond acceptors (Lipinski definition) is 4. The van der Waals surface area contributed by atoms with Gasteiger partial charge in [-0.05, 0) is 51.1 Å². The predicted octanol–water partition coefficient (Wildman–Crippen LogP) is 1.63. The minimum Gasteiger partial charge on any atom is -0.381 e. The monoisotopic (exact) mass is 309 g/mol. The Morgan fingerprint density at radius 1 is 1.19 bits per heavy atom. The highest BCUT2D eigenvalue weighted by Crippen LogP contribution is 2.29. The van der Waals surface area contributed by atoms with E-state index in [1.54, 1.807) is 18.2 Å². The first kappa shape index (κ1) is 14.8. The van der Waals surface area contributed by atoms with Crippen molar-refractivity contribution in [3.8, 4) is 0 Å². The van der Waals surface area contributed by atoms with Gasteiger partial charge in [-0.25, -0.2) is 13.1 Å². The van der Waals surface area contributed by atoms with Gasteiger partial charge in [-0.3, -0.25) is 4.90 Å². The van der Waals surface area contributed by atoms with E-state index in [0.717, 1.165) is 18.7 Å². The Morgan fingerprint density at radius 3 is 2.86 bits per heavy atom. The molecule has 2 heterocycles. The van der Waals surface area contributed by atoms with Gasteiger partial charge in [-0.1, -0.05) is 12.5 Å². The smallest absolute Gasteiger partial charge is 0.240 e. The number of sulfonamides is 1. The SMILES string of the molecule is CNS(=O)(=O)c1cccc(NC2CCN3CCCCC23)c1. The molecule has 0 amide bonds. The lowest BCUT2D eigenvalue weighted by Gasteiger charge is -2.33. The normalized spacial score (nSPS) is 26.5. The zero-order valence-corrected chi connectivity index (χ0v) is 13.2. The number of piperidine rings is 1. The second-order valence-electron chi connectivity index (χ2n) is 5.87. The van der Waals surface area contributed by atoms with Crippen LogP contribution in [0.1, 0.15) is 25.7 Å². The lowest BCUT2D eigenvalue weighted by atomic mass is 9.99. The van der Waals surface area contributed by atoms with Crippen molar-refractivity contribution in [1.82, 2.24) is 9.62 Å². The van der Waals surface area contributed by atoms with Crippen LogP contribution in [0.4, 0.5) is 5.69 Å². The van der Waals surface area contributed by atoms with Gasteiger partial charge in [-0.2, -0.15) is 0 Å². The first-order valence-electron chi connectivity index (χ1n) is 7.64. The maximum absolute atomic E-state index is 11.9. The van der Waals surface area contributed by atoms with E-state index in [-0.39, 0.29) is 0 Å². The molecular weight excluding hydrogens is 286 g/mol. The van der Waals surface area contributed by atoms with Crippen LogP contribution in [-0.2, 0) is 10.0 Å². The molecule has 5 nitrogen and oxygen atoms in total. The van der Waals surface area contributed by atoms with Crippen molar-refractivity contribution in [1.29, 1.82) is 0 Å². The average Bonchev–Trinajstić information content (AvgIpc) is 2.91. The van der Waals surface area contributed by atoms with Gasteiger partial charge < -0.3 is 5.32 Å². The van der Waals surface area contributed by atoms with Crippen LogP contribution in [0.5, 0.6) is 0 Å². The predicted molar refractivity (Wildman–Crippen MR) is 83.9 cm³/mol. The van der Waals surface area contributed by atoms with E-state index in [1.807, 2.05) is 6.07 Å². The van der Waals surface area contributed by atoms with Crippen LogP contribution in [-0.4, -0.2) is 45.5 Å². The summed E-state index contributed by atoms with van der Waals surface area (Å²) in [4.78, 5) is 2.88. The standard InChI is InChI=1S/C15H23N3O2S/c1-16-21(19,20)13-6-4-5-12(11-13)17-14-8-10-18-9-3-2-7-15(14)18/h4-6,11,14-17H,2-3,7-10H2,1H3. The van der Waals surface area contributed by atoms with Gasteiger partial charge in [0.2, 0.25) is 10.0 Å². The topological polar surface area (TPSA) is 61.4 Å². The summed E-state index contributed by atoms with van der Waals surface area (Å²) in [5.41, 5.74) is 0.892. The molecule has 0 aromatic heterocycles. The molecule has 0 aliphatic carbocycles. The molecule has 0 spiro atoms. The van der Waals surface area contributed by atoms with Gasteiger partial charge in [0.15, 0.2) is 0 Å². The average molecular weight is 309 g/mol. The van der Waals surface area contributed by atoms with E-state index in [9.17, 15) is 8.42 Å². The zero-order chi connectivity index (χ0) is 14.9. The summed E-state index contributed by atoms with van der Waals surface area (Å²) in [6, 6.07) is 8.11. The first-order valence-corrected chi connectivity index (χ1v) is 9.13. The molecule has 2 fully saturated rings. The van der Waals surface area contributed by atoms with Gasteiger partial charge in [-0.15, -0.1) is 0 Å². The molecule has 0 saturated carbocycles. The van der Waals surface area contributed by atoms with Crippen molar-refractivity contribution in [2.24, 2.45) is 0 Å². The highest BCUT2D eigenvalue weighted by Gasteiger charge is 2.35. The van der Waals surface area contributed by atoms with E-state index >= 15 is 0 Å². The molecule has 21 heavy (non-hydrogen) atoms. The molecule has 6 heteroatoms. The number of nitrogens with zero attached hydrogens (tertiary/aromatic N) is 1. The van der Waals surface area contributed by atoms with Crippen molar-refractivity contribution < 1.29 is 8.42 Å². The van der Waals surface area contributed by atoms with Crippen LogP contribution in [0.15, 0.2) is 29.2 Å². The molecule has 2 aliphatic rings. The van der Waals surface area contributed by atoms with Crippen LogP contribution in [0, 0.1) is 0 Å². The second kappa shape index (κ2) is 5.94. The summed E-state index contributed by atoms with van der Waals surface area (Å²) in [6.45, 7) is 2.36. The third kappa shape index (κ3) is 3.07. The Kier molecular flexibility index (Phi) is 4.19. The number of rotatable bonds is 4. The fraction of sp³-hybridized carbons (Fsp3) is 0.600. The molecule has 2 saturated heterocycles. The van der Waals surface area contributed by atoms with Crippen LogP contribution in [0.3, 0.4) is 0 Å². The van der Waals surface area contributed by atoms with Crippen LogP contribution < -0.4 is 10.0 Å². The zero-order valence-electron chi connectivity index (χ0n) is 12.4. The summed E-state index contributed by atoms with van der Waals surface area (Å²) >= 11 is 0. The molecule has 2 unspecified atom stereocenters. The summed E-state index contributed by atoms with van der Waals surface area (Å²) in [5, 5.41) is 3.54. The van der Waals surface area contributed by atoms with Crippen LogP contribution in [0.25, 0.3) is 0 Å². The number of nitrogens with one attached hydrogen (secondary N) is 2. The minimum absolute atomic E-state index is 0.313. The van der Waals surface area contributed by atoms with E-state index in [2.05, 4.69) is 14.9 Å². The maximum atomic E-state index is 11.9. The molecule has 0 bridgehead atoms. The highest BCUT2D eigenvalue weighted by molar-refractivity contribution is 7.89. The van der Waals surface area contributed by atoms with Crippen molar-refractivity contribution in [2.75, 3.05) is 25.5 Å². The Bertz CT molecular complexity index is 603. The quantitative estimate of drug-likeness (QED) is 0.887. The van der Waals surface area contributed by atoms with Crippen LogP contribution >= 0.6 is 0 Å². The number of benzene rings is 1. The number of fused-ring (bicyclic) bond motifs is 1. The Hall–Kier alpha value is -1.11. The molecule has 116 valence electrons.